The van der Waals surface area contributed by atoms with Gasteiger partial charge in [-0.25, -0.2) is 0 Å². The number of benzene rings is 3. The van der Waals surface area contributed by atoms with Crippen LogP contribution in [-0.4, -0.2) is 18.4 Å². The number of anilines is 1. The topological polar surface area (TPSA) is 81.4 Å². The molecule has 148 valence electrons. The van der Waals surface area contributed by atoms with E-state index in [-0.39, 0.29) is 12.5 Å². The normalized spacial score (nSPS) is 10.4. The number of carbonyl (C=O) groups is 2. The third-order valence-corrected chi connectivity index (χ3v) is 5.33. The molecule has 3 N–H and O–H groups in total. The van der Waals surface area contributed by atoms with Gasteiger partial charge in [-0.1, -0.05) is 35.5 Å². The molecule has 0 saturated carbocycles. The number of hydrogen-bond donors (Lipinski definition) is 2. The molecule has 0 spiro atoms. The van der Waals surface area contributed by atoms with Crippen molar-refractivity contribution in [2.24, 2.45) is 5.73 Å². The van der Waals surface area contributed by atoms with Gasteiger partial charge in [0.2, 0.25) is 0 Å². The number of ether oxygens (including phenoxy) is 1. The Morgan fingerprint density at radius 3 is 2.45 bits per heavy atom. The van der Waals surface area contributed by atoms with E-state index in [2.05, 4.69) is 37.4 Å². The highest BCUT2D eigenvalue weighted by Crippen LogP contribution is 2.31. The first-order chi connectivity index (χ1) is 13.9. The molecule has 3 aromatic rings. The second-order valence-electron chi connectivity index (χ2n) is 6.63. The van der Waals surface area contributed by atoms with Crippen LogP contribution in [0.15, 0.2) is 76.5 Å². The molecule has 0 heterocycles. The van der Waals surface area contributed by atoms with Crippen molar-refractivity contribution in [2.45, 2.75) is 23.6 Å². The van der Waals surface area contributed by atoms with Crippen LogP contribution in [0.5, 0.6) is 5.75 Å². The van der Waals surface area contributed by atoms with Crippen molar-refractivity contribution >= 4 is 29.3 Å². The largest absolute Gasteiger partial charge is 0.484 e. The van der Waals surface area contributed by atoms with Crippen LogP contribution in [0.25, 0.3) is 0 Å². The van der Waals surface area contributed by atoms with Crippen molar-refractivity contribution in [3.8, 4) is 5.75 Å². The molecule has 0 aromatic heterocycles. The summed E-state index contributed by atoms with van der Waals surface area (Å²) in [5.74, 6) is -0.417. The molecule has 29 heavy (non-hydrogen) atoms. The Bertz CT molecular complexity index is 1030. The average molecular weight is 407 g/mol. The fourth-order valence-corrected chi connectivity index (χ4v) is 3.61. The first-order valence-corrected chi connectivity index (χ1v) is 9.90. The molecule has 0 aliphatic rings. The summed E-state index contributed by atoms with van der Waals surface area (Å²) in [6.07, 6.45) is 0. The summed E-state index contributed by atoms with van der Waals surface area (Å²) in [7, 11) is 0. The molecule has 0 atom stereocenters. The van der Waals surface area contributed by atoms with Crippen LogP contribution in [0.4, 0.5) is 5.69 Å². The lowest BCUT2D eigenvalue weighted by atomic mass is 10.2. The Morgan fingerprint density at radius 2 is 1.76 bits per heavy atom. The van der Waals surface area contributed by atoms with E-state index >= 15 is 0 Å². The quantitative estimate of drug-likeness (QED) is 0.602. The third-order valence-electron chi connectivity index (χ3n) is 4.15. The summed E-state index contributed by atoms with van der Waals surface area (Å²) in [5, 5.41) is 2.86. The molecule has 0 aliphatic heterocycles. The number of aryl methyl sites for hydroxylation is 2. The van der Waals surface area contributed by atoms with Crippen LogP contribution in [0, 0.1) is 13.8 Å². The highest BCUT2D eigenvalue weighted by Gasteiger charge is 2.09. The SMILES string of the molecule is Cc1ccc(Sc2ccc(NC(=O)c3cccc(OCC(N)=O)c3)cc2)c(C)c1. The first kappa shape index (κ1) is 20.5. The van der Waals surface area contributed by atoms with Gasteiger partial charge in [-0.3, -0.25) is 9.59 Å². The van der Waals surface area contributed by atoms with Crippen molar-refractivity contribution in [1.82, 2.24) is 0 Å². The van der Waals surface area contributed by atoms with E-state index in [1.165, 1.54) is 16.0 Å². The molecule has 3 rings (SSSR count). The first-order valence-electron chi connectivity index (χ1n) is 9.08. The van der Waals surface area contributed by atoms with Crippen molar-refractivity contribution in [3.63, 3.8) is 0 Å². The van der Waals surface area contributed by atoms with Gasteiger partial charge in [-0.15, -0.1) is 0 Å². The lowest BCUT2D eigenvalue weighted by Gasteiger charge is -2.09. The van der Waals surface area contributed by atoms with E-state index in [4.69, 9.17) is 10.5 Å². The summed E-state index contributed by atoms with van der Waals surface area (Å²) in [6, 6.07) is 20.7. The van der Waals surface area contributed by atoms with E-state index in [1.807, 2.05) is 24.3 Å². The Kier molecular flexibility index (Phi) is 6.57. The van der Waals surface area contributed by atoms with Gasteiger partial charge in [0.1, 0.15) is 5.75 Å². The maximum absolute atomic E-state index is 12.5. The third kappa shape index (κ3) is 5.86. The molecular weight excluding hydrogens is 384 g/mol. The Balaban J connectivity index is 1.64. The lowest BCUT2D eigenvalue weighted by Crippen LogP contribution is -2.20. The molecule has 0 fully saturated rings. The van der Waals surface area contributed by atoms with Gasteiger partial charge in [0, 0.05) is 21.0 Å². The molecule has 3 aromatic carbocycles. The minimum absolute atomic E-state index is 0.231. The number of nitrogens with two attached hydrogens (primary N) is 1. The summed E-state index contributed by atoms with van der Waals surface area (Å²) < 4.78 is 5.24. The predicted octanol–water partition coefficient (Wildman–Crippen LogP) is 4.57. The van der Waals surface area contributed by atoms with Crippen molar-refractivity contribution in [2.75, 3.05) is 11.9 Å². The van der Waals surface area contributed by atoms with Gasteiger partial charge in [0.25, 0.3) is 11.8 Å². The van der Waals surface area contributed by atoms with Crippen molar-refractivity contribution < 1.29 is 14.3 Å². The molecule has 6 heteroatoms. The molecule has 5 nitrogen and oxygen atoms in total. The fraction of sp³-hybridized carbons (Fsp3) is 0.130. The maximum Gasteiger partial charge on any atom is 0.255 e. The lowest BCUT2D eigenvalue weighted by molar-refractivity contribution is -0.119. The van der Waals surface area contributed by atoms with Gasteiger partial charge < -0.3 is 15.8 Å². The summed E-state index contributed by atoms with van der Waals surface area (Å²) >= 11 is 1.69. The number of carbonyl (C=O) groups excluding carboxylic acids is 2. The minimum Gasteiger partial charge on any atom is -0.484 e. The highest BCUT2D eigenvalue weighted by atomic mass is 32.2. The van der Waals surface area contributed by atoms with E-state index in [9.17, 15) is 9.59 Å². The maximum atomic E-state index is 12.5. The van der Waals surface area contributed by atoms with E-state index in [1.54, 1.807) is 36.0 Å². The molecule has 0 unspecified atom stereocenters. The van der Waals surface area contributed by atoms with Gasteiger partial charge in [-0.2, -0.15) is 0 Å². The zero-order chi connectivity index (χ0) is 20.8. The van der Waals surface area contributed by atoms with E-state index in [0.29, 0.717) is 17.0 Å². The molecule has 0 aliphatic carbocycles. The minimum atomic E-state index is -0.571. The highest BCUT2D eigenvalue weighted by molar-refractivity contribution is 7.99. The van der Waals surface area contributed by atoms with Crippen molar-refractivity contribution in [3.05, 3.63) is 83.4 Å². The smallest absolute Gasteiger partial charge is 0.255 e. The van der Waals surface area contributed by atoms with Crippen LogP contribution in [0.3, 0.4) is 0 Å². The number of rotatable bonds is 7. The van der Waals surface area contributed by atoms with E-state index < -0.39 is 5.91 Å². The summed E-state index contributed by atoms with van der Waals surface area (Å²) in [6.45, 7) is 3.95. The Morgan fingerprint density at radius 1 is 1.00 bits per heavy atom. The second-order valence-corrected chi connectivity index (χ2v) is 7.75. The van der Waals surface area contributed by atoms with Gasteiger partial charge in [0.05, 0.1) is 0 Å². The van der Waals surface area contributed by atoms with Gasteiger partial charge >= 0.3 is 0 Å². The molecule has 0 bridgehead atoms. The van der Waals surface area contributed by atoms with E-state index in [0.717, 1.165) is 4.90 Å². The summed E-state index contributed by atoms with van der Waals surface area (Å²) in [4.78, 5) is 25.6. The standard InChI is InChI=1S/C23H22N2O3S/c1-15-6-11-21(16(2)12-15)29-20-9-7-18(8-10-20)25-23(27)17-4-3-5-19(13-17)28-14-22(24)26/h3-13H,14H2,1-2H3,(H2,24,26)(H,25,27). The zero-order valence-corrected chi connectivity index (χ0v) is 17.1. The van der Waals surface area contributed by atoms with Gasteiger partial charge in [-0.05, 0) is 67.9 Å². The molecule has 0 saturated heterocycles. The Labute approximate surface area is 174 Å². The number of amides is 2. The summed E-state index contributed by atoms with van der Waals surface area (Å²) in [5.41, 5.74) is 8.69. The van der Waals surface area contributed by atoms with Crippen LogP contribution < -0.4 is 15.8 Å². The van der Waals surface area contributed by atoms with Crippen LogP contribution in [-0.2, 0) is 4.79 Å². The van der Waals surface area contributed by atoms with Crippen LogP contribution in [0.2, 0.25) is 0 Å². The Hall–Kier alpha value is -3.25. The average Bonchev–Trinajstić information content (AvgIpc) is 2.70. The second kappa shape index (κ2) is 9.30. The number of nitrogens with one attached hydrogen (secondary N) is 1. The number of hydrogen-bond acceptors (Lipinski definition) is 4. The molecule has 0 radical (unpaired) electrons. The molecular formula is C23H22N2O3S. The number of primary amides is 1. The van der Waals surface area contributed by atoms with Crippen LogP contribution >= 0.6 is 11.8 Å². The monoisotopic (exact) mass is 406 g/mol. The van der Waals surface area contributed by atoms with Crippen molar-refractivity contribution in [1.29, 1.82) is 0 Å². The predicted molar refractivity (Wildman–Crippen MR) is 116 cm³/mol. The van der Waals surface area contributed by atoms with Gasteiger partial charge in [0.15, 0.2) is 6.61 Å². The van der Waals surface area contributed by atoms with Crippen LogP contribution in [0.1, 0.15) is 21.5 Å². The fourth-order valence-electron chi connectivity index (χ4n) is 2.73. The zero-order valence-electron chi connectivity index (χ0n) is 16.3. The molecule has 2 amide bonds.